The molecule has 0 radical (unpaired) electrons. The Kier molecular flexibility index (Phi) is 5.30. The Morgan fingerprint density at radius 3 is 2.73 bits per heavy atom. The summed E-state index contributed by atoms with van der Waals surface area (Å²) in [4.78, 5) is 21.6. The first-order valence-electron chi connectivity index (χ1n) is 9.83. The van der Waals surface area contributed by atoms with E-state index in [1.807, 2.05) is 35.5 Å². The van der Waals surface area contributed by atoms with Crippen molar-refractivity contribution in [3.8, 4) is 0 Å². The summed E-state index contributed by atoms with van der Waals surface area (Å²) in [6.45, 7) is 3.79. The Morgan fingerprint density at radius 2 is 1.92 bits per heavy atom. The summed E-state index contributed by atoms with van der Waals surface area (Å²) >= 11 is 0. The molecule has 0 unspecified atom stereocenters. The molecule has 136 valence electrons. The SMILES string of the molecule is O=C(c1cccc(CN2CCC[C@@H]2c2cccnc2)c1)N1CCCCC1. The van der Waals surface area contributed by atoms with Gasteiger partial charge in [0.2, 0.25) is 0 Å². The Balaban J connectivity index is 1.47. The molecule has 4 nitrogen and oxygen atoms in total. The minimum Gasteiger partial charge on any atom is -0.339 e. The van der Waals surface area contributed by atoms with Gasteiger partial charge in [-0.05, 0) is 68.0 Å². The van der Waals surface area contributed by atoms with E-state index in [4.69, 9.17) is 0 Å². The molecular weight excluding hydrogens is 322 g/mol. The fraction of sp³-hybridized carbons (Fsp3) is 0.455. The van der Waals surface area contributed by atoms with Gasteiger partial charge in [-0.1, -0.05) is 18.2 Å². The predicted molar refractivity (Wildman–Crippen MR) is 103 cm³/mol. The molecule has 2 aromatic rings. The molecule has 2 aliphatic heterocycles. The molecule has 4 rings (SSSR count). The number of hydrogen-bond acceptors (Lipinski definition) is 3. The van der Waals surface area contributed by atoms with Crippen LogP contribution in [0.15, 0.2) is 48.8 Å². The third-order valence-electron chi connectivity index (χ3n) is 5.64. The number of hydrogen-bond donors (Lipinski definition) is 0. The highest BCUT2D eigenvalue weighted by atomic mass is 16.2. The van der Waals surface area contributed by atoms with Crippen LogP contribution in [0, 0.1) is 0 Å². The quantitative estimate of drug-likeness (QED) is 0.836. The maximum absolute atomic E-state index is 12.8. The maximum atomic E-state index is 12.8. The van der Waals surface area contributed by atoms with Crippen LogP contribution in [0.3, 0.4) is 0 Å². The molecule has 0 saturated carbocycles. The number of piperidine rings is 1. The van der Waals surface area contributed by atoms with Crippen molar-refractivity contribution in [2.45, 2.75) is 44.7 Å². The van der Waals surface area contributed by atoms with Crippen molar-refractivity contribution in [3.63, 3.8) is 0 Å². The monoisotopic (exact) mass is 349 g/mol. The predicted octanol–water partition coefficient (Wildman–Crippen LogP) is 4.04. The van der Waals surface area contributed by atoms with Crippen molar-refractivity contribution >= 4 is 5.91 Å². The zero-order chi connectivity index (χ0) is 17.8. The third-order valence-corrected chi connectivity index (χ3v) is 5.64. The number of carbonyl (C=O) groups is 1. The van der Waals surface area contributed by atoms with Crippen molar-refractivity contribution < 1.29 is 4.79 Å². The lowest BCUT2D eigenvalue weighted by Crippen LogP contribution is -2.35. The number of likely N-dealkylation sites (tertiary alicyclic amines) is 2. The number of aromatic nitrogens is 1. The van der Waals surface area contributed by atoms with Crippen LogP contribution in [0.1, 0.15) is 59.6 Å². The van der Waals surface area contributed by atoms with Gasteiger partial charge < -0.3 is 4.90 Å². The van der Waals surface area contributed by atoms with Crippen molar-refractivity contribution in [2.24, 2.45) is 0 Å². The first kappa shape index (κ1) is 17.2. The van der Waals surface area contributed by atoms with E-state index in [2.05, 4.69) is 28.1 Å². The number of carbonyl (C=O) groups excluding carboxylic acids is 1. The zero-order valence-electron chi connectivity index (χ0n) is 15.3. The summed E-state index contributed by atoms with van der Waals surface area (Å²) in [6.07, 6.45) is 9.72. The molecule has 0 bridgehead atoms. The number of rotatable bonds is 4. The molecule has 1 amide bonds. The van der Waals surface area contributed by atoms with E-state index in [1.165, 1.54) is 30.4 Å². The van der Waals surface area contributed by atoms with Gasteiger partial charge in [-0.25, -0.2) is 0 Å². The van der Waals surface area contributed by atoms with Crippen molar-refractivity contribution in [1.82, 2.24) is 14.8 Å². The second-order valence-corrected chi connectivity index (χ2v) is 7.47. The number of amides is 1. The van der Waals surface area contributed by atoms with E-state index in [-0.39, 0.29) is 5.91 Å². The zero-order valence-corrected chi connectivity index (χ0v) is 15.3. The van der Waals surface area contributed by atoms with Gasteiger partial charge in [-0.15, -0.1) is 0 Å². The van der Waals surface area contributed by atoms with Gasteiger partial charge in [0.05, 0.1) is 0 Å². The van der Waals surface area contributed by atoms with Crippen molar-refractivity contribution in [3.05, 3.63) is 65.5 Å². The molecule has 1 aromatic carbocycles. The molecule has 4 heteroatoms. The number of pyridine rings is 1. The molecule has 1 atom stereocenters. The van der Waals surface area contributed by atoms with Gasteiger partial charge in [0, 0.05) is 43.6 Å². The van der Waals surface area contributed by atoms with E-state index in [0.717, 1.165) is 44.6 Å². The second kappa shape index (κ2) is 8.00. The van der Waals surface area contributed by atoms with Crippen LogP contribution >= 0.6 is 0 Å². The fourth-order valence-electron chi connectivity index (χ4n) is 4.28. The van der Waals surface area contributed by atoms with E-state index in [1.54, 1.807) is 0 Å². The first-order chi connectivity index (χ1) is 12.8. The lowest BCUT2D eigenvalue weighted by molar-refractivity contribution is 0.0724. The summed E-state index contributed by atoms with van der Waals surface area (Å²) in [5, 5.41) is 0. The van der Waals surface area contributed by atoms with Gasteiger partial charge in [-0.2, -0.15) is 0 Å². The standard InChI is InChI=1S/C22H27N3O/c26-22(24-12-2-1-3-13-24)19-8-4-7-18(15-19)17-25-14-6-10-21(25)20-9-5-11-23-16-20/h4-5,7-9,11,15-16,21H,1-3,6,10,12-14,17H2/t21-/m1/s1. The summed E-state index contributed by atoms with van der Waals surface area (Å²) in [6, 6.07) is 12.9. The van der Waals surface area contributed by atoms with E-state index in [0.29, 0.717) is 6.04 Å². The summed E-state index contributed by atoms with van der Waals surface area (Å²) in [7, 11) is 0. The van der Waals surface area contributed by atoms with Crippen molar-refractivity contribution in [1.29, 1.82) is 0 Å². The molecule has 0 N–H and O–H groups in total. The van der Waals surface area contributed by atoms with Crippen LogP contribution in [-0.4, -0.2) is 40.3 Å². The molecule has 2 fully saturated rings. The molecule has 2 saturated heterocycles. The average Bonchev–Trinajstić information content (AvgIpc) is 3.17. The Hall–Kier alpha value is -2.20. The Labute approximate surface area is 155 Å². The molecule has 0 spiro atoms. The largest absolute Gasteiger partial charge is 0.339 e. The maximum Gasteiger partial charge on any atom is 0.253 e. The lowest BCUT2D eigenvalue weighted by atomic mass is 10.0. The van der Waals surface area contributed by atoms with E-state index < -0.39 is 0 Å². The molecular formula is C22H27N3O. The van der Waals surface area contributed by atoms with Gasteiger partial charge in [0.15, 0.2) is 0 Å². The summed E-state index contributed by atoms with van der Waals surface area (Å²) in [5.41, 5.74) is 3.36. The minimum atomic E-state index is 0.191. The number of nitrogens with zero attached hydrogens (tertiary/aromatic N) is 3. The van der Waals surface area contributed by atoms with E-state index in [9.17, 15) is 4.79 Å². The lowest BCUT2D eigenvalue weighted by Gasteiger charge is -2.27. The van der Waals surface area contributed by atoms with Gasteiger partial charge >= 0.3 is 0 Å². The highest BCUT2D eigenvalue weighted by molar-refractivity contribution is 5.94. The van der Waals surface area contributed by atoms with Crippen LogP contribution in [0.5, 0.6) is 0 Å². The third kappa shape index (κ3) is 3.80. The van der Waals surface area contributed by atoms with Crippen LogP contribution in [-0.2, 0) is 6.54 Å². The fourth-order valence-corrected chi connectivity index (χ4v) is 4.28. The summed E-state index contributed by atoms with van der Waals surface area (Å²) in [5.74, 6) is 0.191. The van der Waals surface area contributed by atoms with E-state index >= 15 is 0 Å². The van der Waals surface area contributed by atoms with Gasteiger partial charge in [0.1, 0.15) is 0 Å². The van der Waals surface area contributed by atoms with Crippen LogP contribution < -0.4 is 0 Å². The second-order valence-electron chi connectivity index (χ2n) is 7.47. The Morgan fingerprint density at radius 1 is 1.04 bits per heavy atom. The van der Waals surface area contributed by atoms with Crippen LogP contribution in [0.2, 0.25) is 0 Å². The van der Waals surface area contributed by atoms with Gasteiger partial charge in [-0.3, -0.25) is 14.7 Å². The smallest absolute Gasteiger partial charge is 0.253 e. The Bertz CT molecular complexity index is 740. The molecule has 0 aliphatic carbocycles. The van der Waals surface area contributed by atoms with Crippen LogP contribution in [0.4, 0.5) is 0 Å². The average molecular weight is 349 g/mol. The summed E-state index contributed by atoms with van der Waals surface area (Å²) < 4.78 is 0. The van der Waals surface area contributed by atoms with Crippen LogP contribution in [0.25, 0.3) is 0 Å². The molecule has 26 heavy (non-hydrogen) atoms. The first-order valence-corrected chi connectivity index (χ1v) is 9.83. The highest BCUT2D eigenvalue weighted by Gasteiger charge is 2.26. The number of benzene rings is 1. The highest BCUT2D eigenvalue weighted by Crippen LogP contribution is 2.32. The normalized spacial score (nSPS) is 21.1. The van der Waals surface area contributed by atoms with Gasteiger partial charge in [0.25, 0.3) is 5.91 Å². The van der Waals surface area contributed by atoms with Crippen molar-refractivity contribution in [2.75, 3.05) is 19.6 Å². The minimum absolute atomic E-state index is 0.191. The topological polar surface area (TPSA) is 36.4 Å². The molecule has 3 heterocycles. The molecule has 2 aliphatic rings. The molecule has 1 aromatic heterocycles.